The van der Waals surface area contributed by atoms with E-state index < -0.39 is 0 Å². The summed E-state index contributed by atoms with van der Waals surface area (Å²) in [5.74, 6) is 1.01. The molecule has 1 amide bonds. The molecule has 0 aromatic carbocycles. The molecule has 2 aromatic rings. The Balaban J connectivity index is 1.43. The molecule has 23 heavy (non-hydrogen) atoms. The van der Waals surface area contributed by atoms with Crippen molar-refractivity contribution in [3.05, 3.63) is 34.1 Å². The minimum atomic E-state index is 0.0924. The highest BCUT2D eigenvalue weighted by molar-refractivity contribution is 7.09. The highest BCUT2D eigenvalue weighted by Gasteiger charge is 2.32. The first kappa shape index (κ1) is 14.9. The van der Waals surface area contributed by atoms with Crippen molar-refractivity contribution in [2.75, 3.05) is 13.1 Å². The van der Waals surface area contributed by atoms with Crippen molar-refractivity contribution in [2.45, 2.75) is 44.4 Å². The largest absolute Gasteiger partial charge is 0.364 e. The lowest BCUT2D eigenvalue weighted by Crippen LogP contribution is -2.29. The third kappa shape index (κ3) is 3.04. The second kappa shape index (κ2) is 6.43. The lowest BCUT2D eigenvalue weighted by molar-refractivity contribution is 0.0785. The van der Waals surface area contributed by atoms with Crippen LogP contribution in [0.4, 0.5) is 0 Å². The number of hydrogen-bond acceptors (Lipinski definition) is 5. The third-order valence-electron chi connectivity index (χ3n) is 5.09. The minimum Gasteiger partial charge on any atom is -0.364 e. The van der Waals surface area contributed by atoms with Crippen molar-refractivity contribution in [1.29, 1.82) is 0 Å². The molecule has 2 fully saturated rings. The Kier molecular flexibility index (Phi) is 4.16. The third-order valence-corrected chi connectivity index (χ3v) is 5.89. The average Bonchev–Trinajstić information content (AvgIpc) is 3.33. The van der Waals surface area contributed by atoms with Crippen LogP contribution in [0.15, 0.2) is 22.4 Å². The van der Waals surface area contributed by atoms with Crippen molar-refractivity contribution >= 4 is 17.2 Å². The zero-order chi connectivity index (χ0) is 15.6. The van der Waals surface area contributed by atoms with Crippen molar-refractivity contribution < 1.29 is 9.32 Å². The van der Waals surface area contributed by atoms with E-state index in [1.54, 1.807) is 17.6 Å². The van der Waals surface area contributed by atoms with Crippen LogP contribution < -0.4 is 0 Å². The summed E-state index contributed by atoms with van der Waals surface area (Å²) < 4.78 is 5.15. The van der Waals surface area contributed by atoms with E-state index in [0.717, 1.165) is 44.5 Å². The molecule has 1 atom stereocenters. The van der Waals surface area contributed by atoms with Crippen LogP contribution in [0.3, 0.4) is 0 Å². The Labute approximate surface area is 139 Å². The van der Waals surface area contributed by atoms with E-state index in [2.05, 4.69) is 10.1 Å². The number of amides is 1. The standard InChI is InChI=1S/C17H21N3O2S/c21-17(14-11-22-19-16(14)13-3-1-2-4-13)20-7-5-12(10-20)9-15-18-6-8-23-15/h6,8,11-13H,1-5,7,9-10H2. The molecule has 2 aromatic heterocycles. The first-order chi connectivity index (χ1) is 11.3. The van der Waals surface area contributed by atoms with E-state index in [9.17, 15) is 4.79 Å². The predicted octanol–water partition coefficient (Wildman–Crippen LogP) is 3.49. The fourth-order valence-electron chi connectivity index (χ4n) is 3.85. The van der Waals surface area contributed by atoms with Gasteiger partial charge in [-0.15, -0.1) is 11.3 Å². The molecule has 1 unspecified atom stereocenters. The number of nitrogens with zero attached hydrogens (tertiary/aromatic N) is 3. The fourth-order valence-corrected chi connectivity index (χ4v) is 4.59. The summed E-state index contributed by atoms with van der Waals surface area (Å²) in [6.07, 6.45) is 10.1. The minimum absolute atomic E-state index is 0.0924. The first-order valence-electron chi connectivity index (χ1n) is 8.43. The summed E-state index contributed by atoms with van der Waals surface area (Å²) in [6, 6.07) is 0. The van der Waals surface area contributed by atoms with Gasteiger partial charge in [0, 0.05) is 37.0 Å². The Hall–Kier alpha value is -1.69. The molecule has 0 bridgehead atoms. The van der Waals surface area contributed by atoms with Gasteiger partial charge < -0.3 is 9.42 Å². The van der Waals surface area contributed by atoms with Gasteiger partial charge in [0.05, 0.1) is 10.7 Å². The Bertz CT molecular complexity index is 661. The van der Waals surface area contributed by atoms with Gasteiger partial charge in [-0.25, -0.2) is 4.98 Å². The van der Waals surface area contributed by atoms with Gasteiger partial charge in [0.2, 0.25) is 0 Å². The van der Waals surface area contributed by atoms with Crippen molar-refractivity contribution in [3.8, 4) is 0 Å². The average molecular weight is 331 g/mol. The molecule has 1 saturated heterocycles. The van der Waals surface area contributed by atoms with Crippen LogP contribution >= 0.6 is 11.3 Å². The highest BCUT2D eigenvalue weighted by atomic mass is 32.1. The van der Waals surface area contributed by atoms with Gasteiger partial charge in [0.25, 0.3) is 5.91 Å². The number of thiazole rings is 1. The van der Waals surface area contributed by atoms with Gasteiger partial charge in [-0.3, -0.25) is 4.79 Å². The smallest absolute Gasteiger partial charge is 0.259 e. The van der Waals surface area contributed by atoms with E-state index >= 15 is 0 Å². The summed E-state index contributed by atoms with van der Waals surface area (Å²) in [5.41, 5.74) is 1.57. The maximum Gasteiger partial charge on any atom is 0.259 e. The molecule has 1 saturated carbocycles. The van der Waals surface area contributed by atoms with Crippen LogP contribution in [0, 0.1) is 5.92 Å². The molecule has 0 spiro atoms. The number of carbonyl (C=O) groups excluding carboxylic acids is 1. The van der Waals surface area contributed by atoms with Gasteiger partial charge in [-0.2, -0.15) is 0 Å². The Morgan fingerprint density at radius 3 is 3.00 bits per heavy atom. The van der Waals surface area contributed by atoms with E-state index in [-0.39, 0.29) is 5.91 Å². The van der Waals surface area contributed by atoms with Crippen LogP contribution in [0.5, 0.6) is 0 Å². The van der Waals surface area contributed by atoms with E-state index in [1.165, 1.54) is 17.8 Å². The number of hydrogen-bond donors (Lipinski definition) is 0. The maximum atomic E-state index is 12.8. The first-order valence-corrected chi connectivity index (χ1v) is 9.31. The molecule has 2 aliphatic rings. The van der Waals surface area contributed by atoms with Crippen LogP contribution in [-0.4, -0.2) is 34.0 Å². The lowest BCUT2D eigenvalue weighted by atomic mass is 10.00. The topological polar surface area (TPSA) is 59.2 Å². The van der Waals surface area contributed by atoms with Gasteiger partial charge in [-0.05, 0) is 25.2 Å². The quantitative estimate of drug-likeness (QED) is 0.860. The molecule has 0 N–H and O–H groups in total. The fraction of sp³-hybridized carbons (Fsp3) is 0.588. The van der Waals surface area contributed by atoms with Crippen LogP contribution in [0.25, 0.3) is 0 Å². The monoisotopic (exact) mass is 331 g/mol. The summed E-state index contributed by atoms with van der Waals surface area (Å²) in [4.78, 5) is 19.2. The Morgan fingerprint density at radius 2 is 2.22 bits per heavy atom. The summed E-state index contributed by atoms with van der Waals surface area (Å²) in [5, 5.41) is 7.32. The summed E-state index contributed by atoms with van der Waals surface area (Å²) in [6.45, 7) is 1.64. The molecule has 6 heteroatoms. The van der Waals surface area contributed by atoms with Crippen molar-refractivity contribution in [3.63, 3.8) is 0 Å². The lowest BCUT2D eigenvalue weighted by Gasteiger charge is -2.17. The summed E-state index contributed by atoms with van der Waals surface area (Å²) >= 11 is 1.70. The van der Waals surface area contributed by atoms with E-state index in [0.29, 0.717) is 17.4 Å². The molecule has 5 nitrogen and oxygen atoms in total. The molecule has 3 heterocycles. The zero-order valence-electron chi connectivity index (χ0n) is 13.1. The number of rotatable bonds is 4. The van der Waals surface area contributed by atoms with E-state index in [1.807, 2.05) is 16.5 Å². The van der Waals surface area contributed by atoms with Gasteiger partial charge in [0.15, 0.2) is 0 Å². The molecular formula is C17H21N3O2S. The molecule has 1 aliphatic heterocycles. The number of carbonyl (C=O) groups is 1. The molecular weight excluding hydrogens is 310 g/mol. The number of aromatic nitrogens is 2. The van der Waals surface area contributed by atoms with Gasteiger partial charge in [-0.1, -0.05) is 18.0 Å². The van der Waals surface area contributed by atoms with Crippen molar-refractivity contribution in [1.82, 2.24) is 15.0 Å². The van der Waals surface area contributed by atoms with Crippen molar-refractivity contribution in [2.24, 2.45) is 5.92 Å². The maximum absolute atomic E-state index is 12.8. The van der Waals surface area contributed by atoms with Crippen LogP contribution in [-0.2, 0) is 6.42 Å². The number of likely N-dealkylation sites (tertiary alicyclic amines) is 1. The second-order valence-electron chi connectivity index (χ2n) is 6.63. The SMILES string of the molecule is O=C(c1conc1C1CCCC1)N1CCC(Cc2nccs2)C1. The van der Waals surface area contributed by atoms with Crippen LogP contribution in [0.1, 0.15) is 59.1 Å². The molecule has 122 valence electrons. The molecule has 0 radical (unpaired) electrons. The normalized spacial score (nSPS) is 22.1. The van der Waals surface area contributed by atoms with Gasteiger partial charge >= 0.3 is 0 Å². The predicted molar refractivity (Wildman–Crippen MR) is 87.5 cm³/mol. The highest BCUT2D eigenvalue weighted by Crippen LogP contribution is 2.35. The van der Waals surface area contributed by atoms with E-state index in [4.69, 9.17) is 4.52 Å². The zero-order valence-corrected chi connectivity index (χ0v) is 13.9. The summed E-state index contributed by atoms with van der Waals surface area (Å²) in [7, 11) is 0. The molecule has 1 aliphatic carbocycles. The van der Waals surface area contributed by atoms with Crippen LogP contribution in [0.2, 0.25) is 0 Å². The molecule has 4 rings (SSSR count). The Morgan fingerprint density at radius 1 is 1.35 bits per heavy atom. The van der Waals surface area contributed by atoms with Gasteiger partial charge in [0.1, 0.15) is 11.8 Å². The second-order valence-corrected chi connectivity index (χ2v) is 7.61.